The van der Waals surface area contributed by atoms with Crippen LogP contribution < -0.4 is 15.0 Å². The number of rotatable bonds is 6. The molecule has 4 amide bonds. The predicted molar refractivity (Wildman–Crippen MR) is 125 cm³/mol. The highest BCUT2D eigenvalue weighted by Crippen LogP contribution is 2.34. The summed E-state index contributed by atoms with van der Waals surface area (Å²) in [7, 11) is 0. The second-order valence-electron chi connectivity index (χ2n) is 8.71. The Morgan fingerprint density at radius 3 is 2.29 bits per heavy atom. The van der Waals surface area contributed by atoms with E-state index in [0.717, 1.165) is 24.5 Å². The maximum absolute atomic E-state index is 12.7. The van der Waals surface area contributed by atoms with Gasteiger partial charge in [-0.1, -0.05) is 18.6 Å². The average Bonchev–Trinajstić information content (AvgIpc) is 3.09. The van der Waals surface area contributed by atoms with Crippen molar-refractivity contribution in [1.29, 1.82) is 0 Å². The first kappa shape index (κ1) is 22.1. The molecule has 0 atom stereocenters. The Morgan fingerprint density at radius 2 is 1.59 bits per heavy atom. The molecule has 0 aliphatic carbocycles. The normalized spacial score (nSPS) is 17.9. The summed E-state index contributed by atoms with van der Waals surface area (Å²) in [6, 6.07) is 11.6. The average molecular weight is 463 g/mol. The molecule has 0 aromatic heterocycles. The van der Waals surface area contributed by atoms with E-state index in [1.807, 2.05) is 0 Å². The highest BCUT2D eigenvalue weighted by atomic mass is 16.5. The fraction of sp³-hybridized carbons (Fsp3) is 0.360. The van der Waals surface area contributed by atoms with Crippen molar-refractivity contribution in [2.45, 2.75) is 19.3 Å². The van der Waals surface area contributed by atoms with Crippen molar-refractivity contribution in [3.63, 3.8) is 0 Å². The number of hydrogen-bond acceptors (Lipinski definition) is 6. The van der Waals surface area contributed by atoms with Crippen LogP contribution in [0, 0.1) is 0 Å². The van der Waals surface area contributed by atoms with Gasteiger partial charge in [0.2, 0.25) is 5.91 Å². The number of likely N-dealkylation sites (tertiary alicyclic amines) is 1. The molecule has 3 heterocycles. The lowest BCUT2D eigenvalue weighted by atomic mass is 10.1. The van der Waals surface area contributed by atoms with E-state index in [2.05, 4.69) is 10.2 Å². The number of nitrogens with zero attached hydrogens (tertiary/aromatic N) is 3. The second-order valence-corrected chi connectivity index (χ2v) is 8.71. The van der Waals surface area contributed by atoms with Crippen LogP contribution in [0.3, 0.4) is 0 Å². The van der Waals surface area contributed by atoms with E-state index >= 15 is 0 Å². The van der Waals surface area contributed by atoms with Gasteiger partial charge in [0.1, 0.15) is 12.3 Å². The third-order valence-corrected chi connectivity index (χ3v) is 6.45. The van der Waals surface area contributed by atoms with Crippen LogP contribution in [0.4, 0.5) is 11.4 Å². The monoisotopic (exact) mass is 462 g/mol. The Bertz CT molecular complexity index is 1120. The minimum absolute atomic E-state index is 0.0154. The van der Waals surface area contributed by atoms with Crippen LogP contribution >= 0.6 is 0 Å². The van der Waals surface area contributed by atoms with Gasteiger partial charge in [0.25, 0.3) is 17.7 Å². The summed E-state index contributed by atoms with van der Waals surface area (Å²) in [5.74, 6) is -1.01. The van der Waals surface area contributed by atoms with E-state index in [1.165, 1.54) is 19.3 Å². The first-order valence-corrected chi connectivity index (χ1v) is 11.6. The first-order valence-electron chi connectivity index (χ1n) is 11.6. The molecule has 3 aliphatic heterocycles. The van der Waals surface area contributed by atoms with Gasteiger partial charge in [0, 0.05) is 18.8 Å². The molecule has 5 rings (SSSR count). The van der Waals surface area contributed by atoms with Crippen LogP contribution in [0.5, 0.6) is 5.75 Å². The van der Waals surface area contributed by atoms with Crippen LogP contribution in [0.1, 0.15) is 40.0 Å². The number of carbonyl (C=O) groups excluding carboxylic acids is 4. The maximum atomic E-state index is 12.7. The predicted octanol–water partition coefficient (Wildman–Crippen LogP) is 2.13. The van der Waals surface area contributed by atoms with Gasteiger partial charge in [-0.25, -0.2) is 0 Å². The van der Waals surface area contributed by atoms with Gasteiger partial charge in [-0.2, -0.15) is 0 Å². The summed E-state index contributed by atoms with van der Waals surface area (Å²) >= 11 is 0. The molecule has 176 valence electrons. The zero-order valence-electron chi connectivity index (χ0n) is 18.8. The van der Waals surface area contributed by atoms with Gasteiger partial charge < -0.3 is 19.9 Å². The molecule has 0 bridgehead atoms. The molecular weight excluding hydrogens is 436 g/mol. The molecule has 3 aliphatic rings. The van der Waals surface area contributed by atoms with Crippen molar-refractivity contribution >= 4 is 35.0 Å². The zero-order chi connectivity index (χ0) is 23.7. The summed E-state index contributed by atoms with van der Waals surface area (Å²) in [6.07, 6.45) is 3.60. The van der Waals surface area contributed by atoms with E-state index in [9.17, 15) is 19.2 Å². The number of carbonyl (C=O) groups is 4. The number of ether oxygens (including phenoxy) is 1. The highest BCUT2D eigenvalue weighted by molar-refractivity contribution is 6.22. The number of benzene rings is 2. The summed E-state index contributed by atoms with van der Waals surface area (Å²) < 4.78 is 5.57. The summed E-state index contributed by atoms with van der Waals surface area (Å²) in [5.41, 5.74) is 1.66. The smallest absolute Gasteiger partial charge is 0.265 e. The van der Waals surface area contributed by atoms with Crippen molar-refractivity contribution in [3.8, 4) is 5.75 Å². The molecule has 34 heavy (non-hydrogen) atoms. The van der Waals surface area contributed by atoms with Crippen molar-refractivity contribution < 1.29 is 23.9 Å². The molecule has 2 aromatic rings. The van der Waals surface area contributed by atoms with Gasteiger partial charge in [-0.15, -0.1) is 0 Å². The van der Waals surface area contributed by atoms with E-state index in [-0.39, 0.29) is 12.5 Å². The summed E-state index contributed by atoms with van der Waals surface area (Å²) in [4.78, 5) is 55.3. The third-order valence-electron chi connectivity index (χ3n) is 6.45. The quantitative estimate of drug-likeness (QED) is 0.661. The van der Waals surface area contributed by atoms with Crippen molar-refractivity contribution in [1.82, 2.24) is 9.80 Å². The van der Waals surface area contributed by atoms with Crippen molar-refractivity contribution in [2.24, 2.45) is 0 Å². The number of nitrogens with one attached hydrogen (secondary N) is 1. The Balaban J connectivity index is 1.27. The van der Waals surface area contributed by atoms with E-state index in [4.69, 9.17) is 4.74 Å². The van der Waals surface area contributed by atoms with Gasteiger partial charge >= 0.3 is 0 Å². The minimum Gasteiger partial charge on any atom is -0.482 e. The molecule has 1 fully saturated rings. The molecule has 0 unspecified atom stereocenters. The van der Waals surface area contributed by atoms with E-state index in [0.29, 0.717) is 34.8 Å². The minimum atomic E-state index is -0.502. The third kappa shape index (κ3) is 4.26. The molecular formula is C25H26N4O5. The SMILES string of the molecule is O=C(CN1C(=O)c2ccccc2C1=O)Nc1ccc2c(c1)N(CCN1CCCCC1)C(=O)CO2. The van der Waals surface area contributed by atoms with Crippen molar-refractivity contribution in [3.05, 3.63) is 53.6 Å². The number of piperidine rings is 1. The topological polar surface area (TPSA) is 99.3 Å². The lowest BCUT2D eigenvalue weighted by Gasteiger charge is -2.33. The van der Waals surface area contributed by atoms with Crippen LogP contribution in [0.2, 0.25) is 0 Å². The number of fused-ring (bicyclic) bond motifs is 2. The van der Waals surface area contributed by atoms with Crippen molar-refractivity contribution in [2.75, 3.05) is 49.5 Å². The van der Waals surface area contributed by atoms with Crippen LogP contribution in [-0.4, -0.2) is 72.8 Å². The van der Waals surface area contributed by atoms with Gasteiger partial charge in [-0.3, -0.25) is 24.1 Å². The lowest BCUT2D eigenvalue weighted by molar-refractivity contribution is -0.121. The van der Waals surface area contributed by atoms with Crippen LogP contribution in [0.15, 0.2) is 42.5 Å². The second kappa shape index (κ2) is 9.26. The summed E-state index contributed by atoms with van der Waals surface area (Å²) in [5, 5.41) is 2.74. The number of imide groups is 1. The van der Waals surface area contributed by atoms with Gasteiger partial charge in [0.05, 0.1) is 16.8 Å². The van der Waals surface area contributed by atoms with E-state index < -0.39 is 24.3 Å². The van der Waals surface area contributed by atoms with Crippen LogP contribution in [-0.2, 0) is 9.59 Å². The largest absolute Gasteiger partial charge is 0.482 e. The molecule has 2 aromatic carbocycles. The molecule has 0 spiro atoms. The van der Waals surface area contributed by atoms with Gasteiger partial charge in [-0.05, 0) is 56.3 Å². The Hall–Kier alpha value is -3.72. The van der Waals surface area contributed by atoms with E-state index in [1.54, 1.807) is 47.4 Å². The molecule has 1 saturated heterocycles. The van der Waals surface area contributed by atoms with Gasteiger partial charge in [0.15, 0.2) is 6.61 Å². The first-order chi connectivity index (χ1) is 16.5. The number of hydrogen-bond donors (Lipinski definition) is 1. The molecule has 9 nitrogen and oxygen atoms in total. The molecule has 0 saturated carbocycles. The zero-order valence-corrected chi connectivity index (χ0v) is 18.8. The number of anilines is 2. The Kier molecular flexibility index (Phi) is 6.02. The Labute approximate surface area is 197 Å². The maximum Gasteiger partial charge on any atom is 0.265 e. The standard InChI is InChI=1S/C25H26N4O5/c30-22(15-29-24(32)18-6-2-3-7-19(18)25(29)33)26-17-8-9-21-20(14-17)28(23(31)16-34-21)13-12-27-10-4-1-5-11-27/h2-3,6-9,14H,1,4-5,10-13,15-16H2,(H,26,30). The Morgan fingerprint density at radius 1 is 0.882 bits per heavy atom. The lowest BCUT2D eigenvalue weighted by Crippen LogP contribution is -2.44. The molecule has 1 N–H and O–H groups in total. The fourth-order valence-corrected chi connectivity index (χ4v) is 4.68. The highest BCUT2D eigenvalue weighted by Gasteiger charge is 2.36. The number of amides is 4. The fourth-order valence-electron chi connectivity index (χ4n) is 4.68. The molecule has 9 heteroatoms. The molecule has 0 radical (unpaired) electrons. The van der Waals surface area contributed by atoms with Crippen LogP contribution in [0.25, 0.3) is 0 Å². The summed E-state index contributed by atoms with van der Waals surface area (Å²) in [6.45, 7) is 3.00.